The van der Waals surface area contributed by atoms with E-state index in [0.717, 1.165) is 29.5 Å². The average molecular weight is 276 g/mol. The van der Waals surface area contributed by atoms with E-state index in [1.165, 1.54) is 0 Å². The van der Waals surface area contributed by atoms with E-state index in [1.54, 1.807) is 7.11 Å². The van der Waals surface area contributed by atoms with Gasteiger partial charge in [-0.1, -0.05) is 13.3 Å². The molecule has 0 unspecified atom stereocenters. The number of hydrogen-bond donors (Lipinski definition) is 3. The van der Waals surface area contributed by atoms with Crippen LogP contribution in [-0.4, -0.2) is 34.8 Å². The van der Waals surface area contributed by atoms with Gasteiger partial charge in [-0.3, -0.25) is 0 Å². The Kier molecular flexibility index (Phi) is 4.57. The van der Waals surface area contributed by atoms with E-state index in [0.29, 0.717) is 5.82 Å². The van der Waals surface area contributed by atoms with Gasteiger partial charge in [-0.15, -0.1) is 0 Å². The molecule has 0 spiro atoms. The largest absolute Gasteiger partial charge is 0.497 e. The molecule has 6 nitrogen and oxygen atoms in total. The maximum absolute atomic E-state index is 9.40. The van der Waals surface area contributed by atoms with Crippen molar-refractivity contribution in [3.05, 3.63) is 18.2 Å². The summed E-state index contributed by atoms with van der Waals surface area (Å²) >= 11 is 0. The summed E-state index contributed by atoms with van der Waals surface area (Å²) in [7, 11) is 1.61. The highest BCUT2D eigenvalue weighted by molar-refractivity contribution is 5.91. The third-order valence-electron chi connectivity index (χ3n) is 3.12. The van der Waals surface area contributed by atoms with Crippen LogP contribution in [0.1, 0.15) is 19.8 Å². The molecule has 0 bridgehead atoms. The molecule has 2 rings (SSSR count). The Morgan fingerprint density at radius 1 is 1.40 bits per heavy atom. The molecule has 0 fully saturated rings. The third kappa shape index (κ3) is 3.08. The normalized spacial score (nSPS) is 12.3. The summed E-state index contributed by atoms with van der Waals surface area (Å²) in [5, 5.41) is 13.5. The van der Waals surface area contributed by atoms with Crippen molar-refractivity contribution in [2.75, 3.05) is 24.8 Å². The molecule has 1 atom stereocenters. The number of hydrogen-bond acceptors (Lipinski definition) is 6. The molecular formula is C14H20N4O2. The molecule has 20 heavy (non-hydrogen) atoms. The number of nitrogens with one attached hydrogen (secondary N) is 1. The lowest BCUT2D eigenvalue weighted by Crippen LogP contribution is -2.24. The molecule has 0 aliphatic rings. The maximum atomic E-state index is 9.40. The average Bonchev–Trinajstić information content (AvgIpc) is 2.46. The highest BCUT2D eigenvalue weighted by atomic mass is 16.5. The first-order chi connectivity index (χ1) is 9.67. The van der Waals surface area contributed by atoms with E-state index < -0.39 is 0 Å². The van der Waals surface area contributed by atoms with Gasteiger partial charge in [0.15, 0.2) is 0 Å². The quantitative estimate of drug-likeness (QED) is 0.745. The number of aliphatic hydroxyl groups is 1. The van der Waals surface area contributed by atoms with Crippen LogP contribution in [0.2, 0.25) is 0 Å². The lowest BCUT2D eigenvalue weighted by Gasteiger charge is -2.17. The molecule has 1 aromatic carbocycles. The Bertz CT molecular complexity index is 589. The van der Waals surface area contributed by atoms with Crippen molar-refractivity contribution >= 4 is 22.7 Å². The fourth-order valence-electron chi connectivity index (χ4n) is 2.11. The highest BCUT2D eigenvalue weighted by Crippen LogP contribution is 2.26. The van der Waals surface area contributed by atoms with Gasteiger partial charge < -0.3 is 20.9 Å². The first-order valence-corrected chi connectivity index (χ1v) is 6.66. The Labute approximate surface area is 118 Å². The minimum atomic E-state index is -0.0521. The van der Waals surface area contributed by atoms with Gasteiger partial charge in [-0.25, -0.2) is 4.98 Å². The molecule has 1 aromatic heterocycles. The smallest absolute Gasteiger partial charge is 0.222 e. The number of nitrogen functional groups attached to an aromatic ring is 1. The van der Waals surface area contributed by atoms with Crippen LogP contribution >= 0.6 is 0 Å². The van der Waals surface area contributed by atoms with Crippen LogP contribution in [-0.2, 0) is 0 Å². The summed E-state index contributed by atoms with van der Waals surface area (Å²) in [5.41, 5.74) is 6.47. The van der Waals surface area contributed by atoms with Gasteiger partial charge in [-0.2, -0.15) is 4.98 Å². The summed E-state index contributed by atoms with van der Waals surface area (Å²) in [4.78, 5) is 8.44. The predicted octanol–water partition coefficient (Wildman–Crippen LogP) is 1.79. The van der Waals surface area contributed by atoms with Crippen LogP contribution in [0.15, 0.2) is 18.2 Å². The number of nitrogens with two attached hydrogens (primary N) is 1. The lowest BCUT2D eigenvalue weighted by molar-refractivity contribution is 0.268. The molecule has 2 aromatic rings. The van der Waals surface area contributed by atoms with Gasteiger partial charge >= 0.3 is 0 Å². The van der Waals surface area contributed by atoms with Crippen LogP contribution in [0, 0.1) is 0 Å². The highest BCUT2D eigenvalue weighted by Gasteiger charge is 2.12. The Hall–Kier alpha value is -2.08. The molecule has 108 valence electrons. The monoisotopic (exact) mass is 276 g/mol. The van der Waals surface area contributed by atoms with Gasteiger partial charge in [0.25, 0.3) is 0 Å². The zero-order valence-electron chi connectivity index (χ0n) is 11.8. The number of aliphatic hydroxyl groups excluding tert-OH is 1. The number of fused-ring (bicyclic) bond motifs is 1. The molecule has 0 aliphatic heterocycles. The molecule has 0 amide bonds. The number of nitrogens with zero attached hydrogens (tertiary/aromatic N) is 2. The number of rotatable bonds is 6. The van der Waals surface area contributed by atoms with Gasteiger partial charge in [0.2, 0.25) is 5.95 Å². The van der Waals surface area contributed by atoms with Crippen molar-refractivity contribution in [1.82, 2.24) is 9.97 Å². The summed E-state index contributed by atoms with van der Waals surface area (Å²) in [6.07, 6.45) is 1.83. The second kappa shape index (κ2) is 6.38. The molecule has 0 saturated carbocycles. The van der Waals surface area contributed by atoms with Crippen molar-refractivity contribution < 1.29 is 9.84 Å². The molecule has 6 heteroatoms. The number of aromatic nitrogens is 2. The van der Waals surface area contributed by atoms with E-state index in [1.807, 2.05) is 18.2 Å². The van der Waals surface area contributed by atoms with Crippen LogP contribution in [0.4, 0.5) is 11.8 Å². The molecule has 0 radical (unpaired) electrons. The predicted molar refractivity (Wildman–Crippen MR) is 79.9 cm³/mol. The van der Waals surface area contributed by atoms with E-state index >= 15 is 0 Å². The van der Waals surface area contributed by atoms with Gasteiger partial charge in [0, 0.05) is 5.39 Å². The number of methoxy groups -OCH3 is 1. The van der Waals surface area contributed by atoms with E-state index in [2.05, 4.69) is 22.2 Å². The van der Waals surface area contributed by atoms with Crippen molar-refractivity contribution in [2.24, 2.45) is 0 Å². The Morgan fingerprint density at radius 3 is 2.85 bits per heavy atom. The van der Waals surface area contributed by atoms with Crippen molar-refractivity contribution in [1.29, 1.82) is 0 Å². The van der Waals surface area contributed by atoms with Gasteiger partial charge in [0.1, 0.15) is 11.6 Å². The molecule has 4 N–H and O–H groups in total. The second-order valence-electron chi connectivity index (χ2n) is 4.63. The molecule has 0 saturated heterocycles. The van der Waals surface area contributed by atoms with Crippen molar-refractivity contribution in [3.8, 4) is 5.75 Å². The minimum Gasteiger partial charge on any atom is -0.497 e. The minimum absolute atomic E-state index is 0.0449. The van der Waals surface area contributed by atoms with Crippen LogP contribution in [0.25, 0.3) is 10.9 Å². The molecule has 0 aliphatic carbocycles. The number of ether oxygens (including phenoxy) is 1. The van der Waals surface area contributed by atoms with Crippen LogP contribution in [0.3, 0.4) is 0 Å². The third-order valence-corrected chi connectivity index (χ3v) is 3.12. The lowest BCUT2D eigenvalue weighted by atomic mass is 10.1. The first-order valence-electron chi connectivity index (χ1n) is 6.66. The SMILES string of the molecule is CCC[C@@H](CO)Nc1nc(N)nc2ccc(OC)cc12. The second-order valence-corrected chi connectivity index (χ2v) is 4.63. The molecule has 1 heterocycles. The number of benzene rings is 1. The summed E-state index contributed by atoms with van der Waals surface area (Å²) in [6, 6.07) is 5.47. The van der Waals surface area contributed by atoms with E-state index in [-0.39, 0.29) is 18.6 Å². The summed E-state index contributed by atoms with van der Waals surface area (Å²) in [6.45, 7) is 2.11. The summed E-state index contributed by atoms with van der Waals surface area (Å²) in [5.74, 6) is 1.56. The Morgan fingerprint density at radius 2 is 2.20 bits per heavy atom. The van der Waals surface area contributed by atoms with E-state index in [9.17, 15) is 5.11 Å². The summed E-state index contributed by atoms with van der Waals surface area (Å²) < 4.78 is 5.22. The number of anilines is 2. The fourth-order valence-corrected chi connectivity index (χ4v) is 2.11. The topological polar surface area (TPSA) is 93.3 Å². The van der Waals surface area contributed by atoms with Crippen molar-refractivity contribution in [3.63, 3.8) is 0 Å². The van der Waals surface area contributed by atoms with Gasteiger partial charge in [0.05, 0.1) is 25.3 Å². The fraction of sp³-hybridized carbons (Fsp3) is 0.429. The zero-order valence-corrected chi connectivity index (χ0v) is 11.8. The Balaban J connectivity index is 2.44. The van der Waals surface area contributed by atoms with Crippen molar-refractivity contribution in [2.45, 2.75) is 25.8 Å². The molecular weight excluding hydrogens is 256 g/mol. The standard InChI is InChI=1S/C14H20N4O2/c1-3-4-9(8-19)16-13-11-7-10(20-2)5-6-12(11)17-14(15)18-13/h5-7,9,19H,3-4,8H2,1-2H3,(H3,15,16,17,18)/t9-/m0/s1. The van der Waals surface area contributed by atoms with Crippen LogP contribution < -0.4 is 15.8 Å². The first kappa shape index (κ1) is 14.3. The van der Waals surface area contributed by atoms with Crippen LogP contribution in [0.5, 0.6) is 5.75 Å². The zero-order chi connectivity index (χ0) is 14.5. The van der Waals surface area contributed by atoms with Gasteiger partial charge in [-0.05, 0) is 24.6 Å². The van der Waals surface area contributed by atoms with E-state index in [4.69, 9.17) is 10.5 Å². The maximum Gasteiger partial charge on any atom is 0.222 e.